The third kappa shape index (κ3) is 2.82. The summed E-state index contributed by atoms with van der Waals surface area (Å²) in [4.78, 5) is 13.0. The number of rotatable bonds is 3. The van der Waals surface area contributed by atoms with Crippen molar-refractivity contribution in [2.75, 3.05) is 13.1 Å². The second kappa shape index (κ2) is 5.24. The van der Waals surface area contributed by atoms with E-state index in [1.165, 1.54) is 12.1 Å². The second-order valence-electron chi connectivity index (χ2n) is 4.85. The molecule has 2 atom stereocenters. The number of halogens is 2. The standard InChI is InChI=1S/C13H15ClFNO2/c1-8-5-16(7-11(8)13(17)18)6-9-4-10(14)2-3-12(9)15/h2-4,8,11H,5-7H2,1H3,(H,17,18)/t8-,11-/m1/s1. The molecule has 0 radical (unpaired) electrons. The minimum atomic E-state index is -0.781. The monoisotopic (exact) mass is 271 g/mol. The molecule has 1 fully saturated rings. The smallest absolute Gasteiger partial charge is 0.308 e. The Hall–Kier alpha value is -1.13. The summed E-state index contributed by atoms with van der Waals surface area (Å²) in [5.74, 6) is -1.36. The van der Waals surface area contributed by atoms with Crippen molar-refractivity contribution in [2.45, 2.75) is 13.5 Å². The first-order valence-electron chi connectivity index (χ1n) is 5.86. The summed E-state index contributed by atoms with van der Waals surface area (Å²) in [6, 6.07) is 4.44. The van der Waals surface area contributed by atoms with Gasteiger partial charge in [-0.2, -0.15) is 0 Å². The molecule has 1 saturated heterocycles. The number of carbonyl (C=O) groups is 1. The van der Waals surface area contributed by atoms with Gasteiger partial charge in [-0.15, -0.1) is 0 Å². The molecule has 2 rings (SSSR count). The number of benzene rings is 1. The van der Waals surface area contributed by atoms with E-state index in [2.05, 4.69) is 0 Å². The molecule has 1 aliphatic rings. The highest BCUT2D eigenvalue weighted by Crippen LogP contribution is 2.26. The van der Waals surface area contributed by atoms with Crippen molar-refractivity contribution in [3.63, 3.8) is 0 Å². The summed E-state index contributed by atoms with van der Waals surface area (Å²) in [6.07, 6.45) is 0. The van der Waals surface area contributed by atoms with E-state index in [9.17, 15) is 9.18 Å². The van der Waals surface area contributed by atoms with E-state index in [1.807, 2.05) is 11.8 Å². The summed E-state index contributed by atoms with van der Waals surface area (Å²) in [7, 11) is 0. The Balaban J connectivity index is 2.07. The van der Waals surface area contributed by atoms with Crippen molar-refractivity contribution in [1.82, 2.24) is 4.90 Å². The highest BCUT2D eigenvalue weighted by atomic mass is 35.5. The van der Waals surface area contributed by atoms with Crippen LogP contribution in [0, 0.1) is 17.7 Å². The van der Waals surface area contributed by atoms with Gasteiger partial charge in [0.05, 0.1) is 5.92 Å². The fraction of sp³-hybridized carbons (Fsp3) is 0.462. The van der Waals surface area contributed by atoms with Gasteiger partial charge in [0.25, 0.3) is 0 Å². The zero-order valence-corrected chi connectivity index (χ0v) is 10.8. The Morgan fingerprint density at radius 3 is 2.89 bits per heavy atom. The van der Waals surface area contributed by atoms with Crippen LogP contribution in [0.3, 0.4) is 0 Å². The van der Waals surface area contributed by atoms with Crippen LogP contribution in [-0.4, -0.2) is 29.1 Å². The van der Waals surface area contributed by atoms with Crippen molar-refractivity contribution in [2.24, 2.45) is 11.8 Å². The van der Waals surface area contributed by atoms with Crippen LogP contribution in [0.2, 0.25) is 5.02 Å². The zero-order valence-electron chi connectivity index (χ0n) is 10.1. The molecule has 18 heavy (non-hydrogen) atoms. The van der Waals surface area contributed by atoms with Crippen LogP contribution in [0.4, 0.5) is 4.39 Å². The van der Waals surface area contributed by atoms with Gasteiger partial charge in [-0.3, -0.25) is 9.69 Å². The first kappa shape index (κ1) is 13.3. The van der Waals surface area contributed by atoms with Gasteiger partial charge in [0.15, 0.2) is 0 Å². The molecule has 1 aromatic rings. The van der Waals surface area contributed by atoms with E-state index in [4.69, 9.17) is 16.7 Å². The molecular formula is C13H15ClFNO2. The fourth-order valence-corrected chi connectivity index (χ4v) is 2.62. The molecule has 3 nitrogen and oxygen atoms in total. The SMILES string of the molecule is C[C@@H]1CN(Cc2cc(Cl)ccc2F)C[C@H]1C(=O)O. The molecule has 1 heterocycles. The fourth-order valence-electron chi connectivity index (χ4n) is 2.42. The van der Waals surface area contributed by atoms with Gasteiger partial charge in [-0.25, -0.2) is 4.39 Å². The lowest BCUT2D eigenvalue weighted by Gasteiger charge is -2.15. The average molecular weight is 272 g/mol. The normalized spacial score (nSPS) is 24.4. The molecule has 0 unspecified atom stereocenters. The van der Waals surface area contributed by atoms with Gasteiger partial charge in [0.1, 0.15) is 5.82 Å². The summed E-state index contributed by atoms with van der Waals surface area (Å²) in [6.45, 7) is 3.44. The molecular weight excluding hydrogens is 257 g/mol. The van der Waals surface area contributed by atoms with Crippen LogP contribution >= 0.6 is 11.6 Å². The Morgan fingerprint density at radius 1 is 1.56 bits per heavy atom. The predicted octanol–water partition coefficient (Wildman–Crippen LogP) is 2.63. The number of carboxylic acids is 1. The van der Waals surface area contributed by atoms with Gasteiger partial charge in [-0.05, 0) is 24.1 Å². The van der Waals surface area contributed by atoms with Crippen LogP contribution in [-0.2, 0) is 11.3 Å². The Labute approximate surface area is 110 Å². The van der Waals surface area contributed by atoms with Crippen molar-refractivity contribution in [3.8, 4) is 0 Å². The Kier molecular flexibility index (Phi) is 3.88. The minimum Gasteiger partial charge on any atom is -0.481 e. The van der Waals surface area contributed by atoms with Gasteiger partial charge < -0.3 is 5.11 Å². The largest absolute Gasteiger partial charge is 0.481 e. The van der Waals surface area contributed by atoms with Gasteiger partial charge in [0.2, 0.25) is 0 Å². The van der Waals surface area contributed by atoms with Crippen molar-refractivity contribution in [3.05, 3.63) is 34.6 Å². The van der Waals surface area contributed by atoms with Crippen molar-refractivity contribution < 1.29 is 14.3 Å². The maximum atomic E-state index is 13.6. The Morgan fingerprint density at radius 2 is 2.28 bits per heavy atom. The molecule has 0 saturated carbocycles. The van der Waals surface area contributed by atoms with E-state index < -0.39 is 5.97 Å². The van der Waals surface area contributed by atoms with Crippen LogP contribution in [0.15, 0.2) is 18.2 Å². The van der Waals surface area contributed by atoms with Crippen molar-refractivity contribution in [1.29, 1.82) is 0 Å². The van der Waals surface area contributed by atoms with E-state index in [-0.39, 0.29) is 17.7 Å². The molecule has 98 valence electrons. The summed E-state index contributed by atoms with van der Waals surface area (Å²) >= 11 is 5.83. The number of nitrogens with zero attached hydrogens (tertiary/aromatic N) is 1. The molecule has 0 aliphatic carbocycles. The second-order valence-corrected chi connectivity index (χ2v) is 5.29. The first-order valence-corrected chi connectivity index (χ1v) is 6.24. The molecule has 1 aromatic carbocycles. The third-order valence-corrected chi connectivity index (χ3v) is 3.64. The lowest BCUT2D eigenvalue weighted by molar-refractivity contribution is -0.142. The summed E-state index contributed by atoms with van der Waals surface area (Å²) in [5, 5.41) is 9.54. The molecule has 0 bridgehead atoms. The van der Waals surface area contributed by atoms with Crippen LogP contribution < -0.4 is 0 Å². The number of hydrogen-bond acceptors (Lipinski definition) is 2. The number of aliphatic carboxylic acids is 1. The Bertz CT molecular complexity index is 466. The third-order valence-electron chi connectivity index (χ3n) is 3.41. The maximum absolute atomic E-state index is 13.6. The van der Waals surface area contributed by atoms with E-state index in [0.29, 0.717) is 30.2 Å². The van der Waals surface area contributed by atoms with Crippen LogP contribution in [0.1, 0.15) is 12.5 Å². The number of hydrogen-bond donors (Lipinski definition) is 1. The molecule has 5 heteroatoms. The van der Waals surface area contributed by atoms with Gasteiger partial charge >= 0.3 is 5.97 Å². The molecule has 0 aromatic heterocycles. The maximum Gasteiger partial charge on any atom is 0.308 e. The van der Waals surface area contributed by atoms with E-state index in [0.717, 1.165) is 0 Å². The molecule has 0 spiro atoms. The first-order chi connectivity index (χ1) is 8.47. The predicted molar refractivity (Wildman–Crippen MR) is 67.0 cm³/mol. The summed E-state index contributed by atoms with van der Waals surface area (Å²) < 4.78 is 13.6. The number of carboxylic acid groups (broad SMARTS) is 1. The number of likely N-dealkylation sites (tertiary alicyclic amines) is 1. The van der Waals surface area contributed by atoms with Crippen LogP contribution in [0.5, 0.6) is 0 Å². The topological polar surface area (TPSA) is 40.5 Å². The quantitative estimate of drug-likeness (QED) is 0.919. The minimum absolute atomic E-state index is 0.0877. The van der Waals surface area contributed by atoms with Crippen LogP contribution in [0.25, 0.3) is 0 Å². The lowest BCUT2D eigenvalue weighted by Crippen LogP contribution is -2.23. The van der Waals surface area contributed by atoms with Gasteiger partial charge in [-0.1, -0.05) is 18.5 Å². The highest BCUT2D eigenvalue weighted by Gasteiger charge is 2.34. The lowest BCUT2D eigenvalue weighted by atomic mass is 9.99. The van der Waals surface area contributed by atoms with E-state index in [1.54, 1.807) is 6.07 Å². The van der Waals surface area contributed by atoms with Gasteiger partial charge in [0, 0.05) is 30.2 Å². The van der Waals surface area contributed by atoms with E-state index >= 15 is 0 Å². The van der Waals surface area contributed by atoms with Crippen molar-refractivity contribution >= 4 is 17.6 Å². The molecule has 0 amide bonds. The molecule has 1 N–H and O–H groups in total. The highest BCUT2D eigenvalue weighted by molar-refractivity contribution is 6.30. The molecule has 1 aliphatic heterocycles. The zero-order chi connectivity index (χ0) is 13.3. The average Bonchev–Trinajstić information content (AvgIpc) is 2.65. The summed E-state index contributed by atoms with van der Waals surface area (Å²) in [5.41, 5.74) is 0.515.